The van der Waals surface area contributed by atoms with Gasteiger partial charge >= 0.3 is 0 Å². The molecule has 3 N–H and O–H groups in total. The van der Waals surface area contributed by atoms with E-state index in [1.807, 2.05) is 13.0 Å². The van der Waals surface area contributed by atoms with E-state index in [4.69, 9.17) is 5.14 Å². The number of aryl methyl sites for hydroxylation is 1. The van der Waals surface area contributed by atoms with E-state index in [1.165, 1.54) is 37.8 Å². The summed E-state index contributed by atoms with van der Waals surface area (Å²) >= 11 is 0. The number of hydrogen-bond acceptors (Lipinski definition) is 6. The van der Waals surface area contributed by atoms with Crippen LogP contribution < -0.4 is 15.4 Å². The molecule has 2 heterocycles. The molecule has 27 heavy (non-hydrogen) atoms. The summed E-state index contributed by atoms with van der Waals surface area (Å²) in [5.74, 6) is 1.62. The maximum Gasteiger partial charge on any atom is 0.238 e. The van der Waals surface area contributed by atoms with Crippen LogP contribution >= 0.6 is 0 Å². The minimum atomic E-state index is -3.64. The molecular formula is C19H27N5O2S. The first-order valence-corrected chi connectivity index (χ1v) is 10.9. The Balaban J connectivity index is 1.60. The molecule has 146 valence electrons. The fraction of sp³-hybridized carbons (Fsp3) is 0.474. The SMILES string of the molecule is Cc1cc(NCCc2ccc(S(N)(=O)=O)cc2)nc(N2CCCCCC2)n1. The van der Waals surface area contributed by atoms with Crippen LogP contribution in [0.25, 0.3) is 0 Å². The Labute approximate surface area is 161 Å². The van der Waals surface area contributed by atoms with Gasteiger partial charge in [-0.15, -0.1) is 0 Å². The number of aromatic nitrogens is 2. The number of nitrogens with zero attached hydrogens (tertiary/aromatic N) is 3. The molecule has 0 spiro atoms. The van der Waals surface area contributed by atoms with Gasteiger partial charge in [0.25, 0.3) is 0 Å². The zero-order valence-corrected chi connectivity index (χ0v) is 16.5. The van der Waals surface area contributed by atoms with Crippen LogP contribution in [0.3, 0.4) is 0 Å². The number of nitrogens with two attached hydrogens (primary N) is 1. The van der Waals surface area contributed by atoms with Crippen molar-refractivity contribution in [1.82, 2.24) is 9.97 Å². The average Bonchev–Trinajstić information content (AvgIpc) is 2.90. The van der Waals surface area contributed by atoms with Crippen molar-refractivity contribution in [2.45, 2.75) is 43.9 Å². The summed E-state index contributed by atoms with van der Waals surface area (Å²) in [5.41, 5.74) is 1.98. The fourth-order valence-corrected chi connectivity index (χ4v) is 3.75. The number of primary sulfonamides is 1. The summed E-state index contributed by atoms with van der Waals surface area (Å²) in [6.07, 6.45) is 5.69. The number of sulfonamides is 1. The molecule has 0 unspecified atom stereocenters. The second kappa shape index (κ2) is 8.67. The lowest BCUT2D eigenvalue weighted by Crippen LogP contribution is -2.26. The minimum Gasteiger partial charge on any atom is -0.370 e. The molecular weight excluding hydrogens is 362 g/mol. The zero-order valence-electron chi connectivity index (χ0n) is 15.7. The Kier molecular flexibility index (Phi) is 6.28. The van der Waals surface area contributed by atoms with Gasteiger partial charge in [0, 0.05) is 31.4 Å². The highest BCUT2D eigenvalue weighted by Gasteiger charge is 2.13. The summed E-state index contributed by atoms with van der Waals surface area (Å²) in [7, 11) is -3.64. The van der Waals surface area contributed by atoms with Crippen molar-refractivity contribution in [1.29, 1.82) is 0 Å². The van der Waals surface area contributed by atoms with Crippen molar-refractivity contribution < 1.29 is 8.42 Å². The van der Waals surface area contributed by atoms with Gasteiger partial charge in [-0.05, 0) is 43.9 Å². The average molecular weight is 390 g/mol. The van der Waals surface area contributed by atoms with Gasteiger partial charge in [-0.3, -0.25) is 0 Å². The van der Waals surface area contributed by atoms with Crippen molar-refractivity contribution >= 4 is 21.8 Å². The van der Waals surface area contributed by atoms with E-state index in [-0.39, 0.29) is 4.90 Å². The Morgan fingerprint density at radius 3 is 2.37 bits per heavy atom. The first kappa shape index (κ1) is 19.6. The van der Waals surface area contributed by atoms with Gasteiger partial charge in [0.15, 0.2) is 0 Å². The zero-order chi connectivity index (χ0) is 19.3. The molecule has 1 aromatic heterocycles. The molecule has 2 aromatic rings. The summed E-state index contributed by atoms with van der Waals surface area (Å²) < 4.78 is 22.6. The molecule has 1 aromatic carbocycles. The predicted molar refractivity (Wildman–Crippen MR) is 107 cm³/mol. The normalized spacial score (nSPS) is 15.4. The van der Waals surface area contributed by atoms with Crippen LogP contribution in [0.4, 0.5) is 11.8 Å². The molecule has 0 atom stereocenters. The quantitative estimate of drug-likeness (QED) is 0.787. The lowest BCUT2D eigenvalue weighted by molar-refractivity contribution is 0.598. The highest BCUT2D eigenvalue weighted by Crippen LogP contribution is 2.18. The van der Waals surface area contributed by atoms with E-state index in [9.17, 15) is 8.42 Å². The standard InChI is InChI=1S/C19H27N5O2S/c1-15-14-18(23-19(22-15)24-12-4-2-3-5-13-24)21-11-10-16-6-8-17(9-7-16)27(20,25)26/h6-9,14H,2-5,10-13H2,1H3,(H2,20,25,26)(H,21,22,23). The van der Waals surface area contributed by atoms with E-state index in [0.717, 1.165) is 42.5 Å². The van der Waals surface area contributed by atoms with Gasteiger partial charge < -0.3 is 10.2 Å². The molecule has 0 bridgehead atoms. The smallest absolute Gasteiger partial charge is 0.238 e. The van der Waals surface area contributed by atoms with E-state index in [0.29, 0.717) is 6.54 Å². The molecule has 1 aliphatic heterocycles. The number of hydrogen-bond donors (Lipinski definition) is 2. The molecule has 3 rings (SSSR count). The second-order valence-corrected chi connectivity index (χ2v) is 8.52. The van der Waals surface area contributed by atoms with Crippen LogP contribution in [-0.4, -0.2) is 38.0 Å². The van der Waals surface area contributed by atoms with Gasteiger partial charge in [0.05, 0.1) is 4.90 Å². The van der Waals surface area contributed by atoms with E-state index in [1.54, 1.807) is 12.1 Å². The van der Waals surface area contributed by atoms with Crippen LogP contribution in [0.1, 0.15) is 36.9 Å². The molecule has 1 fully saturated rings. The molecule has 0 saturated carbocycles. The maximum atomic E-state index is 11.3. The third-order valence-electron chi connectivity index (χ3n) is 4.70. The number of benzene rings is 1. The van der Waals surface area contributed by atoms with Crippen molar-refractivity contribution in [3.63, 3.8) is 0 Å². The largest absolute Gasteiger partial charge is 0.370 e. The lowest BCUT2D eigenvalue weighted by atomic mass is 10.1. The Hall–Kier alpha value is -2.19. The Bertz CT molecular complexity index is 860. The first-order valence-electron chi connectivity index (χ1n) is 9.38. The summed E-state index contributed by atoms with van der Waals surface area (Å²) in [6.45, 7) is 4.71. The van der Waals surface area contributed by atoms with Crippen LogP contribution in [-0.2, 0) is 16.4 Å². The predicted octanol–water partition coefficient (Wildman–Crippen LogP) is 2.47. The number of rotatable bonds is 6. The fourth-order valence-electron chi connectivity index (χ4n) is 3.24. The van der Waals surface area contributed by atoms with Gasteiger partial charge in [0.2, 0.25) is 16.0 Å². The molecule has 8 heteroatoms. The Morgan fingerprint density at radius 1 is 1.07 bits per heavy atom. The highest BCUT2D eigenvalue weighted by atomic mass is 32.2. The van der Waals surface area contributed by atoms with Crippen molar-refractivity contribution in [3.8, 4) is 0 Å². The summed E-state index contributed by atoms with van der Waals surface area (Å²) in [6, 6.07) is 8.60. The third-order valence-corrected chi connectivity index (χ3v) is 5.63. The topological polar surface area (TPSA) is 101 Å². The third kappa shape index (κ3) is 5.64. The molecule has 0 aliphatic carbocycles. The van der Waals surface area contributed by atoms with E-state index in [2.05, 4.69) is 20.2 Å². The minimum absolute atomic E-state index is 0.132. The van der Waals surface area contributed by atoms with Crippen molar-refractivity contribution in [2.75, 3.05) is 29.9 Å². The second-order valence-electron chi connectivity index (χ2n) is 6.96. The van der Waals surface area contributed by atoms with Crippen molar-refractivity contribution in [2.24, 2.45) is 5.14 Å². The summed E-state index contributed by atoms with van der Waals surface area (Å²) in [5, 5.41) is 8.48. The van der Waals surface area contributed by atoms with Gasteiger partial charge in [-0.25, -0.2) is 18.5 Å². The molecule has 1 aliphatic rings. The van der Waals surface area contributed by atoms with Gasteiger partial charge in [0.1, 0.15) is 5.82 Å². The molecule has 0 radical (unpaired) electrons. The van der Waals surface area contributed by atoms with Gasteiger partial charge in [-0.2, -0.15) is 4.98 Å². The Morgan fingerprint density at radius 2 is 1.74 bits per heavy atom. The van der Waals surface area contributed by atoms with Crippen LogP contribution in [0.5, 0.6) is 0 Å². The summed E-state index contributed by atoms with van der Waals surface area (Å²) in [4.78, 5) is 11.7. The number of anilines is 2. The van der Waals surface area contributed by atoms with Crippen LogP contribution in [0.15, 0.2) is 35.2 Å². The number of nitrogens with one attached hydrogen (secondary N) is 1. The van der Waals surface area contributed by atoms with E-state index < -0.39 is 10.0 Å². The van der Waals surface area contributed by atoms with Crippen LogP contribution in [0.2, 0.25) is 0 Å². The molecule has 1 saturated heterocycles. The maximum absolute atomic E-state index is 11.3. The van der Waals surface area contributed by atoms with Crippen LogP contribution in [0, 0.1) is 6.92 Å². The van der Waals surface area contributed by atoms with E-state index >= 15 is 0 Å². The molecule has 0 amide bonds. The first-order chi connectivity index (χ1) is 12.9. The highest BCUT2D eigenvalue weighted by molar-refractivity contribution is 7.89. The van der Waals surface area contributed by atoms with Gasteiger partial charge in [-0.1, -0.05) is 25.0 Å². The molecule has 7 nitrogen and oxygen atoms in total. The monoisotopic (exact) mass is 389 g/mol. The van der Waals surface area contributed by atoms with Crippen molar-refractivity contribution in [3.05, 3.63) is 41.6 Å². The lowest BCUT2D eigenvalue weighted by Gasteiger charge is -2.21.